The molecule has 6 nitrogen and oxygen atoms in total. The number of carbonyl (C=O) groups is 1. The van der Waals surface area contributed by atoms with E-state index in [0.29, 0.717) is 17.9 Å². The van der Waals surface area contributed by atoms with E-state index in [2.05, 4.69) is 0 Å². The average molecular weight is 295 g/mol. The molecule has 0 spiro atoms. The van der Waals surface area contributed by atoms with Crippen molar-refractivity contribution in [2.45, 2.75) is 25.0 Å². The van der Waals surface area contributed by atoms with Gasteiger partial charge in [-0.1, -0.05) is 0 Å². The van der Waals surface area contributed by atoms with Crippen LogP contribution < -0.4 is 9.47 Å². The van der Waals surface area contributed by atoms with Crippen LogP contribution in [0.25, 0.3) is 0 Å². The topological polar surface area (TPSA) is 79.2 Å². The van der Waals surface area contributed by atoms with Crippen molar-refractivity contribution in [2.75, 3.05) is 26.9 Å². The van der Waals surface area contributed by atoms with Gasteiger partial charge in [0.1, 0.15) is 11.5 Å². The standard InChI is InChI=1S/C15H21NO5/c1-15(10-17)7-11(18)8-16(15)14(19)9-21-13-5-3-12(20-2)4-6-13/h3-6,11,17-18H,7-10H2,1-2H3. The fourth-order valence-electron chi connectivity index (χ4n) is 2.56. The lowest BCUT2D eigenvalue weighted by Crippen LogP contribution is -2.49. The Hall–Kier alpha value is -1.79. The van der Waals surface area contributed by atoms with E-state index < -0.39 is 11.6 Å². The molecule has 1 aliphatic heterocycles. The first kappa shape index (κ1) is 15.6. The summed E-state index contributed by atoms with van der Waals surface area (Å²) in [5.41, 5.74) is -0.722. The zero-order valence-corrected chi connectivity index (χ0v) is 12.3. The van der Waals surface area contributed by atoms with Crippen LogP contribution in [0.3, 0.4) is 0 Å². The van der Waals surface area contributed by atoms with E-state index >= 15 is 0 Å². The Morgan fingerprint density at radius 1 is 1.38 bits per heavy atom. The van der Waals surface area contributed by atoms with Crippen molar-refractivity contribution in [3.63, 3.8) is 0 Å². The van der Waals surface area contributed by atoms with Crippen LogP contribution in [0.5, 0.6) is 11.5 Å². The second kappa shape index (κ2) is 6.32. The van der Waals surface area contributed by atoms with Crippen molar-refractivity contribution in [2.24, 2.45) is 0 Å². The van der Waals surface area contributed by atoms with Crippen molar-refractivity contribution >= 4 is 5.91 Å². The molecule has 1 saturated heterocycles. The van der Waals surface area contributed by atoms with Crippen molar-refractivity contribution in [3.8, 4) is 11.5 Å². The third-order valence-corrected chi connectivity index (χ3v) is 3.78. The molecule has 1 aliphatic rings. The smallest absolute Gasteiger partial charge is 0.261 e. The number of nitrogens with zero attached hydrogens (tertiary/aromatic N) is 1. The number of amides is 1. The zero-order chi connectivity index (χ0) is 15.5. The van der Waals surface area contributed by atoms with Crippen LogP contribution in [0, 0.1) is 0 Å². The number of aliphatic hydroxyl groups is 2. The molecule has 0 radical (unpaired) electrons. The Morgan fingerprint density at radius 3 is 2.57 bits per heavy atom. The summed E-state index contributed by atoms with van der Waals surface area (Å²) in [5, 5.41) is 19.1. The van der Waals surface area contributed by atoms with Crippen LogP contribution in [0.1, 0.15) is 13.3 Å². The zero-order valence-electron chi connectivity index (χ0n) is 12.3. The largest absolute Gasteiger partial charge is 0.497 e. The van der Waals surface area contributed by atoms with E-state index in [1.807, 2.05) is 0 Å². The maximum Gasteiger partial charge on any atom is 0.261 e. The number of aliphatic hydroxyl groups excluding tert-OH is 2. The van der Waals surface area contributed by atoms with Gasteiger partial charge in [0.25, 0.3) is 5.91 Å². The molecule has 1 fully saturated rings. The summed E-state index contributed by atoms with van der Waals surface area (Å²) >= 11 is 0. The number of likely N-dealkylation sites (tertiary alicyclic amines) is 1. The Morgan fingerprint density at radius 2 is 2.00 bits per heavy atom. The fraction of sp³-hybridized carbons (Fsp3) is 0.533. The summed E-state index contributed by atoms with van der Waals surface area (Å²) < 4.78 is 10.5. The van der Waals surface area contributed by atoms with Gasteiger partial charge in [-0.15, -0.1) is 0 Å². The highest BCUT2D eigenvalue weighted by Crippen LogP contribution is 2.29. The Kier molecular flexibility index (Phi) is 4.69. The lowest BCUT2D eigenvalue weighted by molar-refractivity contribution is -0.138. The lowest BCUT2D eigenvalue weighted by atomic mass is 9.99. The number of hydrogen-bond donors (Lipinski definition) is 2. The van der Waals surface area contributed by atoms with Gasteiger partial charge in [-0.05, 0) is 31.2 Å². The fourth-order valence-corrected chi connectivity index (χ4v) is 2.56. The minimum atomic E-state index is -0.722. The van der Waals surface area contributed by atoms with Crippen LogP contribution in [-0.2, 0) is 4.79 Å². The molecule has 0 saturated carbocycles. The SMILES string of the molecule is COc1ccc(OCC(=O)N2CC(O)CC2(C)CO)cc1. The third kappa shape index (κ3) is 3.46. The molecular weight excluding hydrogens is 274 g/mol. The molecule has 116 valence electrons. The normalized spacial score (nSPS) is 25.0. The summed E-state index contributed by atoms with van der Waals surface area (Å²) in [7, 11) is 1.58. The Balaban J connectivity index is 1.94. The van der Waals surface area contributed by atoms with Crippen LogP contribution >= 0.6 is 0 Å². The Bertz CT molecular complexity index is 489. The molecule has 1 amide bonds. The molecule has 2 rings (SSSR count). The number of ether oxygens (including phenoxy) is 2. The molecule has 1 heterocycles. The van der Waals surface area contributed by atoms with E-state index in [1.165, 1.54) is 4.90 Å². The molecule has 2 unspecified atom stereocenters. The van der Waals surface area contributed by atoms with Gasteiger partial charge >= 0.3 is 0 Å². The highest BCUT2D eigenvalue weighted by Gasteiger charge is 2.43. The molecule has 2 atom stereocenters. The molecule has 0 aliphatic carbocycles. The van der Waals surface area contributed by atoms with Crippen molar-refractivity contribution in [1.82, 2.24) is 4.90 Å². The summed E-state index contributed by atoms with van der Waals surface area (Å²) in [6.45, 7) is 1.67. The maximum atomic E-state index is 12.2. The summed E-state index contributed by atoms with van der Waals surface area (Å²) in [4.78, 5) is 13.7. The van der Waals surface area contributed by atoms with Gasteiger partial charge in [-0.25, -0.2) is 0 Å². The summed E-state index contributed by atoms with van der Waals surface area (Å²) in [6.07, 6.45) is -0.232. The van der Waals surface area contributed by atoms with E-state index in [9.17, 15) is 15.0 Å². The first-order valence-electron chi connectivity index (χ1n) is 6.85. The summed E-state index contributed by atoms with van der Waals surface area (Å²) in [5.74, 6) is 1.03. The molecule has 0 bridgehead atoms. The average Bonchev–Trinajstić information content (AvgIpc) is 2.81. The van der Waals surface area contributed by atoms with Gasteiger partial charge in [-0.2, -0.15) is 0 Å². The first-order chi connectivity index (χ1) is 9.98. The van der Waals surface area contributed by atoms with Gasteiger partial charge in [-0.3, -0.25) is 4.79 Å². The number of rotatable bonds is 5. The molecule has 21 heavy (non-hydrogen) atoms. The molecule has 1 aromatic rings. The second-order valence-corrected chi connectivity index (χ2v) is 5.48. The molecule has 1 aromatic carbocycles. The van der Waals surface area contributed by atoms with Crippen molar-refractivity contribution in [1.29, 1.82) is 0 Å². The number of carbonyl (C=O) groups excluding carboxylic acids is 1. The second-order valence-electron chi connectivity index (χ2n) is 5.48. The minimum absolute atomic E-state index is 0.130. The predicted octanol–water partition coefficient (Wildman–Crippen LogP) is 0.418. The number of methoxy groups -OCH3 is 1. The van der Waals surface area contributed by atoms with Crippen LogP contribution in [0.15, 0.2) is 24.3 Å². The predicted molar refractivity (Wildman–Crippen MR) is 76.3 cm³/mol. The monoisotopic (exact) mass is 295 g/mol. The van der Waals surface area contributed by atoms with Gasteiger partial charge in [0.2, 0.25) is 0 Å². The molecule has 6 heteroatoms. The minimum Gasteiger partial charge on any atom is -0.497 e. The number of hydrogen-bond acceptors (Lipinski definition) is 5. The first-order valence-corrected chi connectivity index (χ1v) is 6.85. The van der Waals surface area contributed by atoms with E-state index in [0.717, 1.165) is 0 Å². The van der Waals surface area contributed by atoms with Crippen molar-refractivity contribution < 1.29 is 24.5 Å². The highest BCUT2D eigenvalue weighted by atomic mass is 16.5. The molecule has 0 aromatic heterocycles. The third-order valence-electron chi connectivity index (χ3n) is 3.78. The van der Waals surface area contributed by atoms with E-state index in [-0.39, 0.29) is 25.7 Å². The van der Waals surface area contributed by atoms with Crippen LogP contribution in [-0.4, -0.2) is 59.5 Å². The van der Waals surface area contributed by atoms with Crippen LogP contribution in [0.2, 0.25) is 0 Å². The van der Waals surface area contributed by atoms with Gasteiger partial charge in [0.05, 0.1) is 25.4 Å². The summed E-state index contributed by atoms with van der Waals surface area (Å²) in [6, 6.07) is 6.93. The lowest BCUT2D eigenvalue weighted by Gasteiger charge is -2.33. The quantitative estimate of drug-likeness (QED) is 0.823. The molecular formula is C15H21NO5. The van der Waals surface area contributed by atoms with E-state index in [4.69, 9.17) is 9.47 Å². The number of benzene rings is 1. The molecule has 2 N–H and O–H groups in total. The van der Waals surface area contributed by atoms with Crippen molar-refractivity contribution in [3.05, 3.63) is 24.3 Å². The van der Waals surface area contributed by atoms with E-state index in [1.54, 1.807) is 38.3 Å². The van der Waals surface area contributed by atoms with Crippen LogP contribution in [0.4, 0.5) is 0 Å². The van der Waals surface area contributed by atoms with Gasteiger partial charge in [0.15, 0.2) is 6.61 Å². The van der Waals surface area contributed by atoms with Gasteiger partial charge in [0, 0.05) is 13.0 Å². The maximum absolute atomic E-state index is 12.2. The highest BCUT2D eigenvalue weighted by molar-refractivity contribution is 5.79. The van der Waals surface area contributed by atoms with Gasteiger partial charge < -0.3 is 24.6 Å². The number of β-amino-alcohol motifs (C(OH)–C–C–N with tert-alkyl or cyclic N) is 1. The Labute approximate surface area is 123 Å².